The lowest BCUT2D eigenvalue weighted by molar-refractivity contribution is -0.182. The smallest absolute Gasteiger partial charge is 0.227 e. The molecule has 0 bridgehead atoms. The maximum atomic E-state index is 12.5. The molecular weight excluding hydrogens is 280 g/mol. The summed E-state index contributed by atoms with van der Waals surface area (Å²) < 4.78 is 11.4. The molecule has 1 aromatic carbocycles. The number of H-pyrrole nitrogens is 1. The van der Waals surface area contributed by atoms with Gasteiger partial charge in [-0.25, -0.2) is 0 Å². The molecule has 1 saturated heterocycles. The molecule has 2 aliphatic rings. The second kappa shape index (κ2) is 5.41. The van der Waals surface area contributed by atoms with Crippen molar-refractivity contribution in [2.24, 2.45) is 5.92 Å². The number of amides is 1. The zero-order valence-corrected chi connectivity index (χ0v) is 12.4. The van der Waals surface area contributed by atoms with Crippen LogP contribution in [0.1, 0.15) is 25.7 Å². The highest BCUT2D eigenvalue weighted by molar-refractivity contribution is 6.01. The highest BCUT2D eigenvalue weighted by Crippen LogP contribution is 2.38. The average Bonchev–Trinajstić information content (AvgIpc) is 3.18. The highest BCUT2D eigenvalue weighted by atomic mass is 16.7. The Bertz CT molecular complexity index is 678. The van der Waals surface area contributed by atoms with Crippen molar-refractivity contribution in [3.63, 3.8) is 0 Å². The summed E-state index contributed by atoms with van der Waals surface area (Å²) in [7, 11) is 0. The fraction of sp³-hybridized carbons (Fsp3) is 0.471. The molecule has 5 nitrogen and oxygen atoms in total. The van der Waals surface area contributed by atoms with E-state index in [1.165, 1.54) is 0 Å². The molecular formula is C17H20N2O3. The molecule has 2 fully saturated rings. The molecule has 1 saturated carbocycles. The SMILES string of the molecule is O=C(Nc1cccc2cc[nH]c12)C1CCC2(CC1)OCCO2. The van der Waals surface area contributed by atoms with Gasteiger partial charge in [-0.05, 0) is 25.0 Å². The van der Waals surface area contributed by atoms with Gasteiger partial charge in [0.2, 0.25) is 5.91 Å². The summed E-state index contributed by atoms with van der Waals surface area (Å²) in [4.78, 5) is 15.7. The summed E-state index contributed by atoms with van der Waals surface area (Å²) in [5.41, 5.74) is 1.83. The number of nitrogens with one attached hydrogen (secondary N) is 2. The minimum Gasteiger partial charge on any atom is -0.359 e. The largest absolute Gasteiger partial charge is 0.359 e. The van der Waals surface area contributed by atoms with Crippen molar-refractivity contribution < 1.29 is 14.3 Å². The van der Waals surface area contributed by atoms with Gasteiger partial charge in [-0.1, -0.05) is 12.1 Å². The van der Waals surface area contributed by atoms with Gasteiger partial charge in [0.1, 0.15) is 0 Å². The number of carbonyl (C=O) groups is 1. The topological polar surface area (TPSA) is 63.4 Å². The Morgan fingerprint density at radius 2 is 1.95 bits per heavy atom. The van der Waals surface area contributed by atoms with Gasteiger partial charge in [-0.15, -0.1) is 0 Å². The van der Waals surface area contributed by atoms with E-state index in [1.807, 2.05) is 30.5 Å². The molecule has 2 N–H and O–H groups in total. The molecule has 4 rings (SSSR count). The van der Waals surface area contributed by atoms with Crippen LogP contribution in [0.15, 0.2) is 30.5 Å². The zero-order chi connectivity index (χ0) is 15.0. The van der Waals surface area contributed by atoms with Crippen molar-refractivity contribution in [1.82, 2.24) is 4.98 Å². The van der Waals surface area contributed by atoms with Gasteiger partial charge in [-0.3, -0.25) is 4.79 Å². The third kappa shape index (κ3) is 2.40. The van der Waals surface area contributed by atoms with Crippen molar-refractivity contribution in [3.8, 4) is 0 Å². The van der Waals surface area contributed by atoms with E-state index in [1.54, 1.807) is 0 Å². The Balaban J connectivity index is 1.43. The van der Waals surface area contributed by atoms with Crippen LogP contribution in [0.2, 0.25) is 0 Å². The van der Waals surface area contributed by atoms with Crippen molar-refractivity contribution in [2.45, 2.75) is 31.5 Å². The molecule has 1 amide bonds. The minimum atomic E-state index is -0.406. The fourth-order valence-electron chi connectivity index (χ4n) is 3.53. The average molecular weight is 300 g/mol. The van der Waals surface area contributed by atoms with Gasteiger partial charge in [0.15, 0.2) is 5.79 Å². The number of fused-ring (bicyclic) bond motifs is 1. The quantitative estimate of drug-likeness (QED) is 0.896. The normalized spacial score (nSPS) is 21.5. The molecule has 1 aliphatic heterocycles. The lowest BCUT2D eigenvalue weighted by atomic mass is 9.84. The van der Waals surface area contributed by atoms with E-state index < -0.39 is 5.79 Å². The third-order valence-electron chi connectivity index (χ3n) is 4.78. The lowest BCUT2D eigenvalue weighted by Gasteiger charge is -2.34. The standard InChI is InChI=1S/C17H20N2O3/c20-16(13-4-7-17(8-5-13)21-10-11-22-17)19-14-3-1-2-12-6-9-18-15(12)14/h1-3,6,9,13,18H,4-5,7-8,10-11H2,(H,19,20). The molecule has 0 unspecified atom stereocenters. The molecule has 1 aromatic heterocycles. The van der Waals surface area contributed by atoms with Crippen molar-refractivity contribution in [1.29, 1.82) is 0 Å². The second-order valence-electron chi connectivity index (χ2n) is 6.12. The van der Waals surface area contributed by atoms with Crippen LogP contribution in [0.4, 0.5) is 5.69 Å². The Kier molecular flexibility index (Phi) is 3.39. The van der Waals surface area contributed by atoms with Crippen molar-refractivity contribution in [2.75, 3.05) is 18.5 Å². The van der Waals surface area contributed by atoms with Crippen LogP contribution in [-0.4, -0.2) is 29.9 Å². The van der Waals surface area contributed by atoms with Crippen LogP contribution >= 0.6 is 0 Å². The summed E-state index contributed by atoms with van der Waals surface area (Å²) in [6.45, 7) is 1.34. The van der Waals surface area contributed by atoms with Crippen LogP contribution in [0.5, 0.6) is 0 Å². The minimum absolute atomic E-state index is 0.0312. The number of rotatable bonds is 2. The molecule has 2 heterocycles. The number of aromatic nitrogens is 1. The fourth-order valence-corrected chi connectivity index (χ4v) is 3.53. The van der Waals surface area contributed by atoms with Crippen LogP contribution < -0.4 is 5.32 Å². The van der Waals surface area contributed by atoms with Crippen LogP contribution in [0.3, 0.4) is 0 Å². The lowest BCUT2D eigenvalue weighted by Crippen LogP contribution is -2.38. The van der Waals surface area contributed by atoms with E-state index in [4.69, 9.17) is 9.47 Å². The van der Waals surface area contributed by atoms with E-state index in [0.717, 1.165) is 42.3 Å². The maximum absolute atomic E-state index is 12.5. The van der Waals surface area contributed by atoms with Gasteiger partial charge in [-0.2, -0.15) is 0 Å². The summed E-state index contributed by atoms with van der Waals surface area (Å²) >= 11 is 0. The zero-order valence-electron chi connectivity index (χ0n) is 12.4. The number of hydrogen-bond donors (Lipinski definition) is 2. The number of aromatic amines is 1. The van der Waals surface area contributed by atoms with Crippen LogP contribution in [0, 0.1) is 5.92 Å². The molecule has 5 heteroatoms. The molecule has 22 heavy (non-hydrogen) atoms. The number of para-hydroxylation sites is 1. The van der Waals surface area contributed by atoms with E-state index in [-0.39, 0.29) is 11.8 Å². The molecule has 1 aliphatic carbocycles. The molecule has 2 aromatic rings. The van der Waals surface area contributed by atoms with E-state index >= 15 is 0 Å². The first kappa shape index (κ1) is 13.8. The first-order valence-electron chi connectivity index (χ1n) is 7.91. The molecule has 116 valence electrons. The summed E-state index contributed by atoms with van der Waals surface area (Å²) in [5, 5.41) is 4.17. The summed E-state index contributed by atoms with van der Waals surface area (Å²) in [6.07, 6.45) is 5.12. The van der Waals surface area contributed by atoms with Gasteiger partial charge < -0.3 is 19.8 Å². The monoisotopic (exact) mass is 300 g/mol. The van der Waals surface area contributed by atoms with E-state index in [9.17, 15) is 4.79 Å². The first-order chi connectivity index (χ1) is 10.8. The molecule has 1 spiro atoms. The summed E-state index contributed by atoms with van der Waals surface area (Å²) in [6, 6.07) is 7.93. The van der Waals surface area contributed by atoms with Gasteiger partial charge in [0.05, 0.1) is 24.4 Å². The number of benzene rings is 1. The van der Waals surface area contributed by atoms with Crippen LogP contribution in [-0.2, 0) is 14.3 Å². The van der Waals surface area contributed by atoms with Crippen molar-refractivity contribution in [3.05, 3.63) is 30.5 Å². The van der Waals surface area contributed by atoms with Crippen molar-refractivity contribution >= 4 is 22.5 Å². The van der Waals surface area contributed by atoms with E-state index in [0.29, 0.717) is 13.2 Å². The third-order valence-corrected chi connectivity index (χ3v) is 4.78. The Labute approximate surface area is 129 Å². The van der Waals surface area contributed by atoms with E-state index in [2.05, 4.69) is 10.3 Å². The second-order valence-corrected chi connectivity index (χ2v) is 6.12. The number of ether oxygens (including phenoxy) is 2. The maximum Gasteiger partial charge on any atom is 0.227 e. The number of carbonyl (C=O) groups excluding carboxylic acids is 1. The summed E-state index contributed by atoms with van der Waals surface area (Å²) in [5.74, 6) is -0.283. The van der Waals surface area contributed by atoms with Gasteiger partial charge >= 0.3 is 0 Å². The predicted octanol–water partition coefficient (Wildman–Crippen LogP) is 3.04. The Hall–Kier alpha value is -1.85. The Morgan fingerprint density at radius 3 is 2.73 bits per heavy atom. The number of hydrogen-bond acceptors (Lipinski definition) is 3. The first-order valence-corrected chi connectivity index (χ1v) is 7.91. The highest BCUT2D eigenvalue weighted by Gasteiger charge is 2.41. The molecule has 0 atom stereocenters. The molecule has 0 radical (unpaired) electrons. The van der Waals surface area contributed by atoms with Crippen LogP contribution in [0.25, 0.3) is 10.9 Å². The predicted molar refractivity (Wildman–Crippen MR) is 83.5 cm³/mol. The Morgan fingerprint density at radius 1 is 1.18 bits per heavy atom. The van der Waals surface area contributed by atoms with Gasteiger partial charge in [0, 0.05) is 30.3 Å². The number of anilines is 1. The van der Waals surface area contributed by atoms with Gasteiger partial charge in [0.25, 0.3) is 0 Å².